The van der Waals surface area contributed by atoms with Gasteiger partial charge >= 0.3 is 0 Å². The molecular weight excluding hydrogens is 376 g/mol. The molecule has 0 amide bonds. The summed E-state index contributed by atoms with van der Waals surface area (Å²) in [6.07, 6.45) is 3.74. The summed E-state index contributed by atoms with van der Waals surface area (Å²) in [5.41, 5.74) is 3.46. The molecule has 0 saturated carbocycles. The Hall–Kier alpha value is -3.34. The number of benzene rings is 1. The van der Waals surface area contributed by atoms with Crippen LogP contribution in [0.25, 0.3) is 0 Å². The van der Waals surface area contributed by atoms with E-state index < -0.39 is 4.92 Å². The third-order valence-corrected chi connectivity index (χ3v) is 4.75. The van der Waals surface area contributed by atoms with Crippen molar-refractivity contribution in [3.8, 4) is 0 Å². The number of morpholine rings is 1. The van der Waals surface area contributed by atoms with Gasteiger partial charge in [0, 0.05) is 43.9 Å². The van der Waals surface area contributed by atoms with Gasteiger partial charge in [0.25, 0.3) is 5.69 Å². The number of hydrogen-bond acceptors (Lipinski definition) is 10. The van der Waals surface area contributed by atoms with Crippen LogP contribution in [0.4, 0.5) is 23.5 Å². The zero-order chi connectivity index (χ0) is 20.1. The smallest absolute Gasteiger partial charge is 0.270 e. The van der Waals surface area contributed by atoms with Crippen molar-refractivity contribution in [3.63, 3.8) is 0 Å². The van der Waals surface area contributed by atoms with E-state index in [0.717, 1.165) is 39.0 Å². The van der Waals surface area contributed by atoms with Crippen molar-refractivity contribution in [2.45, 2.75) is 12.8 Å². The number of rotatable bonds is 6. The first-order valence-electron chi connectivity index (χ1n) is 9.56. The SMILES string of the molecule is O=[N+]([O-])c1cccc(C=NNc2nc(N3CCCC3)nc(N3CCOCC3)n2)c1. The summed E-state index contributed by atoms with van der Waals surface area (Å²) in [4.78, 5) is 28.3. The van der Waals surface area contributed by atoms with E-state index in [0.29, 0.717) is 36.6 Å². The molecule has 0 spiro atoms. The van der Waals surface area contributed by atoms with Crippen molar-refractivity contribution in [2.75, 3.05) is 54.6 Å². The number of anilines is 3. The number of non-ortho nitro benzene ring substituents is 1. The van der Waals surface area contributed by atoms with Crippen molar-refractivity contribution < 1.29 is 9.66 Å². The number of aromatic nitrogens is 3. The van der Waals surface area contributed by atoms with Gasteiger partial charge in [0.2, 0.25) is 17.8 Å². The molecule has 29 heavy (non-hydrogen) atoms. The zero-order valence-corrected chi connectivity index (χ0v) is 15.9. The Morgan fingerprint density at radius 1 is 1.07 bits per heavy atom. The third kappa shape index (κ3) is 4.74. The second-order valence-electron chi connectivity index (χ2n) is 6.77. The van der Waals surface area contributed by atoms with Gasteiger partial charge in [-0.25, -0.2) is 5.43 Å². The summed E-state index contributed by atoms with van der Waals surface area (Å²) in [5, 5.41) is 15.1. The van der Waals surface area contributed by atoms with Crippen LogP contribution in [-0.2, 0) is 4.74 Å². The Morgan fingerprint density at radius 3 is 2.45 bits per heavy atom. The molecule has 2 aliphatic heterocycles. The van der Waals surface area contributed by atoms with E-state index in [-0.39, 0.29) is 5.69 Å². The summed E-state index contributed by atoms with van der Waals surface area (Å²) >= 11 is 0. The Kier molecular flexibility index (Phi) is 5.75. The topological polar surface area (TPSA) is 122 Å². The Balaban J connectivity index is 1.54. The molecule has 1 aromatic carbocycles. The highest BCUT2D eigenvalue weighted by atomic mass is 16.6. The molecule has 0 radical (unpaired) electrons. The number of nitrogens with zero attached hydrogens (tertiary/aromatic N) is 7. The Bertz CT molecular complexity index is 894. The summed E-state index contributed by atoms with van der Waals surface area (Å²) in [6, 6.07) is 6.24. The molecule has 11 heteroatoms. The second-order valence-corrected chi connectivity index (χ2v) is 6.77. The first-order chi connectivity index (χ1) is 14.2. The average molecular weight is 398 g/mol. The van der Waals surface area contributed by atoms with Gasteiger partial charge in [0.1, 0.15) is 0 Å². The number of nitrogens with one attached hydrogen (secondary N) is 1. The van der Waals surface area contributed by atoms with Gasteiger partial charge in [0.05, 0.1) is 24.4 Å². The lowest BCUT2D eigenvalue weighted by Crippen LogP contribution is -2.38. The fourth-order valence-corrected chi connectivity index (χ4v) is 3.25. The highest BCUT2D eigenvalue weighted by Crippen LogP contribution is 2.21. The number of nitro groups is 1. The summed E-state index contributed by atoms with van der Waals surface area (Å²) in [6.45, 7) is 4.56. The molecule has 0 unspecified atom stereocenters. The minimum absolute atomic E-state index is 0.0139. The Labute approximate surface area is 167 Å². The highest BCUT2D eigenvalue weighted by Gasteiger charge is 2.21. The molecule has 2 saturated heterocycles. The van der Waals surface area contributed by atoms with Crippen LogP contribution in [0.2, 0.25) is 0 Å². The molecule has 11 nitrogen and oxygen atoms in total. The lowest BCUT2D eigenvalue weighted by Gasteiger charge is -2.27. The van der Waals surface area contributed by atoms with Crippen molar-refractivity contribution in [1.29, 1.82) is 0 Å². The van der Waals surface area contributed by atoms with Crippen molar-refractivity contribution in [1.82, 2.24) is 15.0 Å². The van der Waals surface area contributed by atoms with Crippen molar-refractivity contribution in [2.24, 2.45) is 5.10 Å². The summed E-state index contributed by atoms with van der Waals surface area (Å²) < 4.78 is 5.41. The molecule has 1 N–H and O–H groups in total. The van der Waals surface area contributed by atoms with Crippen molar-refractivity contribution in [3.05, 3.63) is 39.9 Å². The predicted octanol–water partition coefficient (Wildman–Crippen LogP) is 1.66. The molecule has 0 atom stereocenters. The highest BCUT2D eigenvalue weighted by molar-refractivity contribution is 5.81. The van der Waals surface area contributed by atoms with Gasteiger partial charge in [-0.3, -0.25) is 10.1 Å². The van der Waals surface area contributed by atoms with Crippen LogP contribution in [-0.4, -0.2) is 65.5 Å². The number of hydrazone groups is 1. The van der Waals surface area contributed by atoms with Crippen molar-refractivity contribution >= 4 is 29.7 Å². The van der Waals surface area contributed by atoms with Gasteiger partial charge in [-0.2, -0.15) is 20.1 Å². The predicted molar refractivity (Wildman–Crippen MR) is 109 cm³/mol. The fraction of sp³-hybridized carbons (Fsp3) is 0.444. The molecule has 2 fully saturated rings. The van der Waals surface area contributed by atoms with E-state index in [1.165, 1.54) is 18.3 Å². The van der Waals surface area contributed by atoms with Crippen LogP contribution in [0.15, 0.2) is 29.4 Å². The lowest BCUT2D eigenvalue weighted by molar-refractivity contribution is -0.384. The second kappa shape index (κ2) is 8.78. The molecule has 0 bridgehead atoms. The van der Waals surface area contributed by atoms with E-state index >= 15 is 0 Å². The van der Waals surface area contributed by atoms with E-state index in [4.69, 9.17) is 4.74 Å². The zero-order valence-electron chi connectivity index (χ0n) is 15.9. The van der Waals surface area contributed by atoms with Gasteiger partial charge in [-0.1, -0.05) is 12.1 Å². The maximum absolute atomic E-state index is 10.9. The largest absolute Gasteiger partial charge is 0.378 e. The van der Waals surface area contributed by atoms with Gasteiger partial charge in [-0.05, 0) is 12.8 Å². The van der Waals surface area contributed by atoms with Crippen LogP contribution in [0.1, 0.15) is 18.4 Å². The molecule has 0 aliphatic carbocycles. The van der Waals surface area contributed by atoms with E-state index in [2.05, 4.69) is 35.3 Å². The fourth-order valence-electron chi connectivity index (χ4n) is 3.25. The van der Waals surface area contributed by atoms with Crippen LogP contribution >= 0.6 is 0 Å². The molecule has 1 aromatic heterocycles. The summed E-state index contributed by atoms with van der Waals surface area (Å²) in [7, 11) is 0. The van der Waals surface area contributed by atoms with Gasteiger partial charge < -0.3 is 14.5 Å². The van der Waals surface area contributed by atoms with Crippen LogP contribution in [0.5, 0.6) is 0 Å². The normalized spacial score (nSPS) is 17.1. The molecule has 4 rings (SSSR count). The quantitative estimate of drug-likeness (QED) is 0.440. The first-order valence-corrected chi connectivity index (χ1v) is 9.56. The van der Waals surface area contributed by atoms with Crippen LogP contribution in [0, 0.1) is 10.1 Å². The van der Waals surface area contributed by atoms with E-state index in [1.54, 1.807) is 12.1 Å². The number of nitro benzene ring substituents is 1. The Morgan fingerprint density at radius 2 is 1.76 bits per heavy atom. The molecule has 152 valence electrons. The van der Waals surface area contributed by atoms with Crippen LogP contribution < -0.4 is 15.2 Å². The number of hydrogen-bond donors (Lipinski definition) is 1. The van der Waals surface area contributed by atoms with E-state index in [1.807, 2.05) is 0 Å². The molecule has 2 aliphatic rings. The third-order valence-electron chi connectivity index (χ3n) is 4.75. The maximum atomic E-state index is 10.9. The van der Waals surface area contributed by atoms with Gasteiger partial charge in [0.15, 0.2) is 0 Å². The average Bonchev–Trinajstić information content (AvgIpc) is 3.29. The van der Waals surface area contributed by atoms with Gasteiger partial charge in [-0.15, -0.1) is 0 Å². The molecular formula is C18H22N8O3. The van der Waals surface area contributed by atoms with Crippen LogP contribution in [0.3, 0.4) is 0 Å². The maximum Gasteiger partial charge on any atom is 0.270 e. The molecule has 3 heterocycles. The lowest BCUT2D eigenvalue weighted by atomic mass is 10.2. The first kappa shape index (κ1) is 19.0. The summed E-state index contributed by atoms with van der Waals surface area (Å²) in [5.74, 6) is 1.57. The number of ether oxygens (including phenoxy) is 1. The minimum atomic E-state index is -0.437. The standard InChI is InChI=1S/C18H22N8O3/c27-26(28)15-5-3-4-14(12-15)13-19-23-16-20-17(24-6-1-2-7-24)22-18(21-16)25-8-10-29-11-9-25/h3-5,12-13H,1-2,6-11H2,(H,20,21,22,23). The molecule has 2 aromatic rings. The monoisotopic (exact) mass is 398 g/mol. The minimum Gasteiger partial charge on any atom is -0.378 e. The van der Waals surface area contributed by atoms with E-state index in [9.17, 15) is 10.1 Å².